The van der Waals surface area contributed by atoms with Crippen molar-refractivity contribution in [3.63, 3.8) is 0 Å². The van der Waals surface area contributed by atoms with E-state index in [0.717, 1.165) is 16.9 Å². The molecule has 22 heavy (non-hydrogen) atoms. The van der Waals surface area contributed by atoms with E-state index in [4.69, 9.17) is 5.73 Å². The lowest BCUT2D eigenvalue weighted by atomic mass is 10.2. The molecule has 0 unspecified atom stereocenters. The summed E-state index contributed by atoms with van der Waals surface area (Å²) >= 11 is 0. The minimum atomic E-state index is -0.293. The summed E-state index contributed by atoms with van der Waals surface area (Å²) in [4.78, 5) is 20.5. The Morgan fingerprint density at radius 2 is 2.36 bits per heavy atom. The van der Waals surface area contributed by atoms with Crippen LogP contribution in [0.2, 0.25) is 0 Å². The fourth-order valence-electron chi connectivity index (χ4n) is 2.34. The van der Waals surface area contributed by atoms with Crippen molar-refractivity contribution in [3.8, 4) is 0 Å². The molecule has 0 radical (unpaired) electrons. The Balaban J connectivity index is 1.72. The van der Waals surface area contributed by atoms with Gasteiger partial charge in [-0.05, 0) is 25.5 Å². The molecular formula is C14H17N7O. The number of hydrogen-bond acceptors (Lipinski definition) is 5. The third kappa shape index (κ3) is 2.62. The van der Waals surface area contributed by atoms with Gasteiger partial charge in [0.1, 0.15) is 11.5 Å². The van der Waals surface area contributed by atoms with Crippen molar-refractivity contribution in [2.75, 3.05) is 5.73 Å². The smallest absolute Gasteiger partial charge is 0.239 e. The molecule has 0 fully saturated rings. The molecule has 114 valence electrons. The topological polar surface area (TPSA) is 114 Å². The van der Waals surface area contributed by atoms with Crippen molar-refractivity contribution in [1.29, 1.82) is 0 Å². The van der Waals surface area contributed by atoms with Crippen molar-refractivity contribution in [1.82, 2.24) is 29.9 Å². The van der Waals surface area contributed by atoms with Gasteiger partial charge in [0.25, 0.3) is 0 Å². The maximum Gasteiger partial charge on any atom is 0.239 e. The third-order valence-corrected chi connectivity index (χ3v) is 3.46. The highest BCUT2D eigenvalue weighted by Gasteiger charge is 2.15. The van der Waals surface area contributed by atoms with Crippen molar-refractivity contribution in [3.05, 3.63) is 41.6 Å². The van der Waals surface area contributed by atoms with Gasteiger partial charge in [-0.1, -0.05) is 6.07 Å². The van der Waals surface area contributed by atoms with Gasteiger partial charge in [0, 0.05) is 12.4 Å². The number of rotatable bonds is 4. The zero-order valence-corrected chi connectivity index (χ0v) is 12.4. The molecule has 3 aromatic rings. The predicted octanol–water partition coefficient (Wildman–Crippen LogP) is 0.763. The number of aryl methyl sites for hydroxylation is 1. The minimum Gasteiger partial charge on any atom is -0.367 e. The first-order valence-corrected chi connectivity index (χ1v) is 6.93. The molecule has 0 aliphatic heterocycles. The largest absolute Gasteiger partial charge is 0.367 e. The van der Waals surface area contributed by atoms with Gasteiger partial charge in [-0.3, -0.25) is 9.89 Å². The summed E-state index contributed by atoms with van der Waals surface area (Å²) in [6, 6.07) is 3.63. The molecule has 0 aliphatic rings. The number of aromatic amines is 1. The van der Waals surface area contributed by atoms with Crippen molar-refractivity contribution in [2.24, 2.45) is 0 Å². The first kappa shape index (κ1) is 14.1. The fraction of sp³-hybridized carbons (Fsp3) is 0.286. The number of aromatic nitrogens is 5. The number of imidazole rings is 1. The van der Waals surface area contributed by atoms with Crippen LogP contribution in [-0.2, 0) is 11.2 Å². The number of nitrogens with one attached hydrogen (secondary N) is 2. The number of H-pyrrole nitrogens is 1. The molecule has 8 heteroatoms. The number of nitrogens with two attached hydrogens (primary N) is 1. The van der Waals surface area contributed by atoms with Crippen LogP contribution < -0.4 is 11.1 Å². The molecule has 0 saturated carbocycles. The third-order valence-electron chi connectivity index (χ3n) is 3.46. The van der Waals surface area contributed by atoms with Crippen LogP contribution in [0, 0.1) is 6.92 Å². The van der Waals surface area contributed by atoms with Gasteiger partial charge in [0.15, 0.2) is 0 Å². The summed E-state index contributed by atoms with van der Waals surface area (Å²) in [5.74, 6) is 0.568. The van der Waals surface area contributed by atoms with Gasteiger partial charge < -0.3 is 15.5 Å². The highest BCUT2D eigenvalue weighted by molar-refractivity contribution is 5.78. The van der Waals surface area contributed by atoms with Crippen LogP contribution in [0.25, 0.3) is 5.65 Å². The van der Waals surface area contributed by atoms with E-state index in [1.54, 1.807) is 6.20 Å². The number of carbonyl (C=O) groups is 1. The summed E-state index contributed by atoms with van der Waals surface area (Å²) in [7, 11) is 0. The molecule has 8 nitrogen and oxygen atoms in total. The van der Waals surface area contributed by atoms with Crippen LogP contribution in [0.15, 0.2) is 24.5 Å². The summed E-state index contributed by atoms with van der Waals surface area (Å²) in [5, 5.41) is 9.29. The Labute approximate surface area is 126 Å². The summed E-state index contributed by atoms with van der Waals surface area (Å²) in [5.41, 5.74) is 8.22. The molecule has 3 aromatic heterocycles. The van der Waals surface area contributed by atoms with E-state index in [-0.39, 0.29) is 24.3 Å². The van der Waals surface area contributed by atoms with Gasteiger partial charge in [-0.15, -0.1) is 5.10 Å². The summed E-state index contributed by atoms with van der Waals surface area (Å²) in [6.45, 7) is 3.80. The number of fused-ring (bicyclic) bond motifs is 1. The van der Waals surface area contributed by atoms with Gasteiger partial charge in [-0.2, -0.15) is 4.98 Å². The molecular weight excluding hydrogens is 282 g/mol. The van der Waals surface area contributed by atoms with E-state index in [2.05, 4.69) is 25.5 Å². The number of amides is 1. The van der Waals surface area contributed by atoms with E-state index in [1.165, 1.54) is 0 Å². The van der Waals surface area contributed by atoms with Gasteiger partial charge in [-0.25, -0.2) is 4.98 Å². The molecule has 0 saturated heterocycles. The monoisotopic (exact) mass is 299 g/mol. The van der Waals surface area contributed by atoms with Crippen LogP contribution in [-0.4, -0.2) is 30.5 Å². The Hall–Kier alpha value is -2.90. The summed E-state index contributed by atoms with van der Waals surface area (Å²) < 4.78 is 1.92. The van der Waals surface area contributed by atoms with Gasteiger partial charge in [0.05, 0.1) is 18.2 Å². The normalized spacial score (nSPS) is 12.5. The lowest BCUT2D eigenvalue weighted by molar-refractivity contribution is -0.121. The first-order valence-electron chi connectivity index (χ1n) is 6.93. The molecule has 3 rings (SSSR count). The SMILES string of the molecule is Cc1cccn2c(CC(=O)N[C@@H](C)c3nc(N)n[nH]3)cnc12. The highest BCUT2D eigenvalue weighted by Crippen LogP contribution is 2.12. The Bertz CT molecular complexity index is 820. The second kappa shape index (κ2) is 5.47. The average Bonchev–Trinajstić information content (AvgIpc) is 3.07. The number of pyridine rings is 1. The van der Waals surface area contributed by atoms with Crippen molar-refractivity contribution < 1.29 is 4.79 Å². The van der Waals surface area contributed by atoms with Gasteiger partial charge >= 0.3 is 0 Å². The molecule has 3 heterocycles. The number of nitrogens with zero attached hydrogens (tertiary/aromatic N) is 4. The highest BCUT2D eigenvalue weighted by atomic mass is 16.1. The molecule has 0 aromatic carbocycles. The zero-order valence-electron chi connectivity index (χ0n) is 12.4. The minimum absolute atomic E-state index is 0.120. The second-order valence-electron chi connectivity index (χ2n) is 5.18. The lowest BCUT2D eigenvalue weighted by Gasteiger charge is -2.10. The van der Waals surface area contributed by atoms with E-state index in [9.17, 15) is 4.79 Å². The Morgan fingerprint density at radius 1 is 1.55 bits per heavy atom. The Kier molecular flexibility index (Phi) is 3.50. The van der Waals surface area contributed by atoms with E-state index < -0.39 is 0 Å². The average molecular weight is 299 g/mol. The van der Waals surface area contributed by atoms with Crippen LogP contribution >= 0.6 is 0 Å². The van der Waals surface area contributed by atoms with E-state index >= 15 is 0 Å². The molecule has 0 spiro atoms. The van der Waals surface area contributed by atoms with Crippen molar-refractivity contribution in [2.45, 2.75) is 26.3 Å². The van der Waals surface area contributed by atoms with Gasteiger partial charge in [0.2, 0.25) is 11.9 Å². The maximum atomic E-state index is 12.2. The van der Waals surface area contributed by atoms with Crippen LogP contribution in [0.3, 0.4) is 0 Å². The number of anilines is 1. The van der Waals surface area contributed by atoms with Crippen LogP contribution in [0.1, 0.15) is 30.0 Å². The standard InChI is InChI=1S/C14H17N7O/c1-8-4-3-5-21-10(7-16-13(8)21)6-11(22)17-9(2)12-18-14(15)20-19-12/h3-5,7,9H,6H2,1-2H3,(H,17,22)(H3,15,18,19,20)/t9-/m0/s1. The number of nitrogen functional groups attached to an aromatic ring is 1. The first-order chi connectivity index (χ1) is 10.5. The quantitative estimate of drug-likeness (QED) is 0.658. The molecule has 1 atom stereocenters. The predicted molar refractivity (Wildman–Crippen MR) is 81.0 cm³/mol. The Morgan fingerprint density at radius 3 is 3.09 bits per heavy atom. The van der Waals surface area contributed by atoms with E-state index in [0.29, 0.717) is 5.82 Å². The van der Waals surface area contributed by atoms with Crippen LogP contribution in [0.5, 0.6) is 0 Å². The molecule has 1 amide bonds. The maximum absolute atomic E-state index is 12.2. The van der Waals surface area contributed by atoms with Crippen molar-refractivity contribution >= 4 is 17.5 Å². The zero-order chi connectivity index (χ0) is 15.7. The fourth-order valence-corrected chi connectivity index (χ4v) is 2.34. The lowest BCUT2D eigenvalue weighted by Crippen LogP contribution is -2.29. The summed E-state index contributed by atoms with van der Waals surface area (Å²) in [6.07, 6.45) is 3.86. The van der Waals surface area contributed by atoms with Crippen LogP contribution in [0.4, 0.5) is 5.95 Å². The molecule has 0 aliphatic carbocycles. The number of hydrogen-bond donors (Lipinski definition) is 3. The molecule has 4 N–H and O–H groups in total. The molecule has 0 bridgehead atoms. The second-order valence-corrected chi connectivity index (χ2v) is 5.18. The number of carbonyl (C=O) groups excluding carboxylic acids is 1. The van der Waals surface area contributed by atoms with E-state index in [1.807, 2.05) is 36.6 Å².